The number of halogens is 1. The number of hydrogen-bond acceptors (Lipinski definition) is 2. The molecule has 0 bridgehead atoms. The summed E-state index contributed by atoms with van der Waals surface area (Å²) < 4.78 is 37.1. The summed E-state index contributed by atoms with van der Waals surface area (Å²) in [5.41, 5.74) is 0.605. The van der Waals surface area contributed by atoms with Crippen molar-refractivity contribution in [3.8, 4) is 12.3 Å². The van der Waals surface area contributed by atoms with Gasteiger partial charge in [0.2, 0.25) is 9.84 Å². The van der Waals surface area contributed by atoms with E-state index < -0.39 is 15.7 Å². The molecule has 2 aromatic carbocycles. The molecule has 0 spiro atoms. The molecule has 0 amide bonds. The fourth-order valence-electron chi connectivity index (χ4n) is 1.48. The largest absolute Gasteiger partial charge is 0.219 e. The normalized spacial score (nSPS) is 10.9. The summed E-state index contributed by atoms with van der Waals surface area (Å²) in [4.78, 5) is 0.186. The van der Waals surface area contributed by atoms with Gasteiger partial charge in [-0.05, 0) is 48.5 Å². The van der Waals surface area contributed by atoms with Crippen LogP contribution in [-0.2, 0) is 9.84 Å². The quantitative estimate of drug-likeness (QED) is 0.614. The van der Waals surface area contributed by atoms with E-state index >= 15 is 0 Å². The van der Waals surface area contributed by atoms with Crippen LogP contribution >= 0.6 is 0 Å². The van der Waals surface area contributed by atoms with E-state index in [1.807, 2.05) is 0 Å². The number of hydrogen-bond donors (Lipinski definition) is 0. The van der Waals surface area contributed by atoms with Crippen LogP contribution in [0.1, 0.15) is 5.56 Å². The van der Waals surface area contributed by atoms with Crippen molar-refractivity contribution >= 4 is 9.84 Å². The summed E-state index contributed by atoms with van der Waals surface area (Å²) >= 11 is 0. The van der Waals surface area contributed by atoms with E-state index in [-0.39, 0.29) is 9.79 Å². The molecule has 0 saturated heterocycles. The fraction of sp³-hybridized carbons (Fsp3) is 0. The minimum Gasteiger partial charge on any atom is -0.219 e. The predicted molar refractivity (Wildman–Crippen MR) is 66.2 cm³/mol. The van der Waals surface area contributed by atoms with Crippen molar-refractivity contribution in [2.75, 3.05) is 0 Å². The van der Waals surface area contributed by atoms with Gasteiger partial charge in [0.15, 0.2) is 0 Å². The van der Waals surface area contributed by atoms with Crippen LogP contribution in [0.3, 0.4) is 0 Å². The van der Waals surface area contributed by atoms with Crippen LogP contribution in [0.2, 0.25) is 0 Å². The number of benzene rings is 2. The first-order chi connectivity index (χ1) is 8.54. The maximum atomic E-state index is 12.8. The minimum atomic E-state index is -3.62. The van der Waals surface area contributed by atoms with E-state index in [1.54, 1.807) is 12.1 Å². The second-order valence-corrected chi connectivity index (χ2v) is 5.58. The molecule has 90 valence electrons. The van der Waals surface area contributed by atoms with E-state index in [4.69, 9.17) is 6.42 Å². The van der Waals surface area contributed by atoms with Crippen LogP contribution in [0.15, 0.2) is 58.3 Å². The first-order valence-corrected chi connectivity index (χ1v) is 6.60. The average Bonchev–Trinajstić information content (AvgIpc) is 2.39. The Balaban J connectivity index is 2.48. The van der Waals surface area contributed by atoms with Gasteiger partial charge < -0.3 is 0 Å². The van der Waals surface area contributed by atoms with Gasteiger partial charge in [-0.1, -0.05) is 5.92 Å². The third-order valence-electron chi connectivity index (χ3n) is 2.46. The summed E-state index contributed by atoms with van der Waals surface area (Å²) in [5.74, 6) is 1.93. The van der Waals surface area contributed by atoms with Gasteiger partial charge >= 0.3 is 0 Å². The van der Waals surface area contributed by atoms with Crippen molar-refractivity contribution in [3.63, 3.8) is 0 Å². The molecule has 0 unspecified atom stereocenters. The standard InChI is InChI=1S/C14H9FO2S/c1-2-11-3-7-13(8-4-11)18(16,17)14-9-5-12(15)6-10-14/h1,3-10H. The van der Waals surface area contributed by atoms with E-state index in [2.05, 4.69) is 5.92 Å². The average molecular weight is 260 g/mol. The van der Waals surface area contributed by atoms with Gasteiger partial charge in [-0.15, -0.1) is 6.42 Å². The molecule has 2 aromatic rings. The lowest BCUT2D eigenvalue weighted by atomic mass is 10.2. The third kappa shape index (κ3) is 2.27. The smallest absolute Gasteiger partial charge is 0.206 e. The van der Waals surface area contributed by atoms with Gasteiger partial charge in [0, 0.05) is 5.56 Å². The molecule has 0 N–H and O–H groups in total. The highest BCUT2D eigenvalue weighted by Crippen LogP contribution is 2.21. The Hall–Kier alpha value is -2.12. The fourth-order valence-corrected chi connectivity index (χ4v) is 2.74. The first-order valence-electron chi connectivity index (χ1n) is 5.11. The van der Waals surface area contributed by atoms with Crippen molar-refractivity contribution in [3.05, 3.63) is 59.9 Å². The number of terminal acetylenes is 1. The van der Waals surface area contributed by atoms with Gasteiger partial charge in [0.1, 0.15) is 5.82 Å². The molecule has 0 aromatic heterocycles. The van der Waals surface area contributed by atoms with E-state index in [1.165, 1.54) is 24.3 Å². The monoisotopic (exact) mass is 260 g/mol. The molecule has 0 aliphatic heterocycles. The number of rotatable bonds is 2. The highest BCUT2D eigenvalue weighted by molar-refractivity contribution is 7.91. The first kappa shape index (κ1) is 12.3. The van der Waals surface area contributed by atoms with E-state index in [9.17, 15) is 12.8 Å². The SMILES string of the molecule is C#Cc1ccc(S(=O)(=O)c2ccc(F)cc2)cc1. The Bertz CT molecular complexity index is 693. The van der Waals surface area contributed by atoms with Gasteiger partial charge in [-0.2, -0.15) is 0 Å². The zero-order valence-electron chi connectivity index (χ0n) is 9.30. The van der Waals surface area contributed by atoms with E-state index in [0.29, 0.717) is 5.56 Å². The Kier molecular flexibility index (Phi) is 3.17. The van der Waals surface area contributed by atoms with Crippen LogP contribution in [0, 0.1) is 18.2 Å². The highest BCUT2D eigenvalue weighted by atomic mass is 32.2. The van der Waals surface area contributed by atoms with Gasteiger partial charge in [-0.25, -0.2) is 12.8 Å². The Morgan fingerprint density at radius 1 is 0.889 bits per heavy atom. The molecule has 0 aliphatic carbocycles. The second kappa shape index (κ2) is 4.63. The van der Waals surface area contributed by atoms with Gasteiger partial charge in [0.05, 0.1) is 9.79 Å². The molecular formula is C14H9FO2S. The topological polar surface area (TPSA) is 34.1 Å². The van der Waals surface area contributed by atoms with E-state index in [0.717, 1.165) is 12.1 Å². The molecule has 0 saturated carbocycles. The van der Waals surface area contributed by atoms with Gasteiger partial charge in [-0.3, -0.25) is 0 Å². The van der Waals surface area contributed by atoms with Crippen LogP contribution in [0.4, 0.5) is 4.39 Å². The molecule has 18 heavy (non-hydrogen) atoms. The zero-order chi connectivity index (χ0) is 13.2. The molecule has 0 aliphatic rings. The predicted octanol–water partition coefficient (Wildman–Crippen LogP) is 2.64. The lowest BCUT2D eigenvalue weighted by Crippen LogP contribution is -2.01. The minimum absolute atomic E-state index is 0.0531. The van der Waals surface area contributed by atoms with Crippen molar-refractivity contribution in [1.82, 2.24) is 0 Å². The molecule has 0 heterocycles. The summed E-state index contributed by atoms with van der Waals surface area (Å²) in [6, 6.07) is 10.7. The summed E-state index contributed by atoms with van der Waals surface area (Å²) in [7, 11) is -3.62. The Labute approximate surface area is 105 Å². The molecule has 0 radical (unpaired) electrons. The number of sulfone groups is 1. The molecule has 2 nitrogen and oxygen atoms in total. The van der Waals surface area contributed by atoms with Crippen molar-refractivity contribution in [1.29, 1.82) is 0 Å². The maximum absolute atomic E-state index is 12.8. The molecule has 4 heteroatoms. The zero-order valence-corrected chi connectivity index (χ0v) is 10.1. The van der Waals surface area contributed by atoms with Crippen LogP contribution < -0.4 is 0 Å². The summed E-state index contributed by atoms with van der Waals surface area (Å²) in [6.45, 7) is 0. The molecule has 0 atom stereocenters. The molecule has 0 fully saturated rings. The molecule has 2 rings (SSSR count). The molecular weight excluding hydrogens is 251 g/mol. The highest BCUT2D eigenvalue weighted by Gasteiger charge is 2.17. The lowest BCUT2D eigenvalue weighted by molar-refractivity contribution is 0.595. The second-order valence-electron chi connectivity index (χ2n) is 3.63. The van der Waals surface area contributed by atoms with Crippen molar-refractivity contribution < 1.29 is 12.8 Å². The van der Waals surface area contributed by atoms with Crippen molar-refractivity contribution in [2.24, 2.45) is 0 Å². The van der Waals surface area contributed by atoms with Crippen LogP contribution in [-0.4, -0.2) is 8.42 Å². The van der Waals surface area contributed by atoms with Crippen LogP contribution in [0.25, 0.3) is 0 Å². The van der Waals surface area contributed by atoms with Crippen molar-refractivity contribution in [2.45, 2.75) is 9.79 Å². The Morgan fingerprint density at radius 3 is 1.78 bits per heavy atom. The lowest BCUT2D eigenvalue weighted by Gasteiger charge is -2.04. The Morgan fingerprint density at radius 2 is 1.33 bits per heavy atom. The maximum Gasteiger partial charge on any atom is 0.206 e. The third-order valence-corrected chi connectivity index (χ3v) is 4.24. The van der Waals surface area contributed by atoms with Gasteiger partial charge in [0.25, 0.3) is 0 Å². The van der Waals surface area contributed by atoms with Crippen LogP contribution in [0.5, 0.6) is 0 Å². The summed E-state index contributed by atoms with van der Waals surface area (Å²) in [5, 5.41) is 0. The summed E-state index contributed by atoms with van der Waals surface area (Å²) in [6.07, 6.45) is 5.20.